The van der Waals surface area contributed by atoms with E-state index in [1.807, 2.05) is 48.6 Å². The molecule has 0 fully saturated rings. The lowest BCUT2D eigenvalue weighted by Crippen LogP contribution is -2.22. The minimum Gasteiger partial charge on any atom is -0.170 e. The van der Waals surface area contributed by atoms with Gasteiger partial charge in [0.2, 0.25) is 0 Å². The zero-order chi connectivity index (χ0) is 19.3. The molecule has 0 saturated carbocycles. The van der Waals surface area contributed by atoms with E-state index in [0.717, 1.165) is 11.1 Å². The second-order valence-corrected chi connectivity index (χ2v) is 6.77. The van der Waals surface area contributed by atoms with Gasteiger partial charge in [-0.15, -0.1) is 0 Å². The van der Waals surface area contributed by atoms with Crippen molar-refractivity contribution in [2.24, 2.45) is 0 Å². The second-order valence-electron chi connectivity index (χ2n) is 6.34. The molecule has 0 heterocycles. The van der Waals surface area contributed by atoms with Gasteiger partial charge in [-0.2, -0.15) is 13.2 Å². The maximum Gasteiger partial charge on any atom is 0.396 e. The fraction of sp³-hybridized carbons (Fsp3) is 0.130. The molecule has 0 aliphatic carbocycles. The molecule has 0 bridgehead atoms. The minimum atomic E-state index is -4.28. The summed E-state index contributed by atoms with van der Waals surface area (Å²) in [5.41, 5.74) is 2.88. The Morgan fingerprint density at radius 2 is 1.26 bits per heavy atom. The molecule has 3 aromatic rings. The summed E-state index contributed by atoms with van der Waals surface area (Å²) >= 11 is 5.86. The molecule has 0 radical (unpaired) electrons. The van der Waals surface area contributed by atoms with Gasteiger partial charge in [-0.05, 0) is 40.8 Å². The van der Waals surface area contributed by atoms with Gasteiger partial charge in [0.25, 0.3) is 0 Å². The third-order valence-corrected chi connectivity index (χ3v) is 4.61. The molecule has 3 rings (SSSR count). The smallest absolute Gasteiger partial charge is 0.170 e. The monoisotopic (exact) mass is 386 g/mol. The van der Waals surface area contributed by atoms with Gasteiger partial charge in [0.05, 0.1) is 5.92 Å². The van der Waals surface area contributed by atoms with E-state index in [2.05, 4.69) is 0 Å². The van der Waals surface area contributed by atoms with Crippen LogP contribution in [0, 0.1) is 0 Å². The Morgan fingerprint density at radius 1 is 0.741 bits per heavy atom. The first-order chi connectivity index (χ1) is 12.9. The van der Waals surface area contributed by atoms with Gasteiger partial charge in [0, 0.05) is 5.02 Å². The van der Waals surface area contributed by atoms with Crippen LogP contribution in [-0.4, -0.2) is 6.18 Å². The van der Waals surface area contributed by atoms with Gasteiger partial charge in [-0.25, -0.2) is 0 Å². The number of rotatable bonds is 5. The highest BCUT2D eigenvalue weighted by Crippen LogP contribution is 2.37. The molecule has 0 spiro atoms. The zero-order valence-corrected chi connectivity index (χ0v) is 15.2. The third kappa shape index (κ3) is 5.48. The quantitative estimate of drug-likeness (QED) is 0.401. The van der Waals surface area contributed by atoms with E-state index in [1.165, 1.54) is 12.1 Å². The highest BCUT2D eigenvalue weighted by atomic mass is 35.5. The molecule has 1 atom stereocenters. The van der Waals surface area contributed by atoms with Crippen molar-refractivity contribution in [1.82, 2.24) is 0 Å². The van der Waals surface area contributed by atoms with Gasteiger partial charge in [-0.3, -0.25) is 0 Å². The van der Waals surface area contributed by atoms with Crippen molar-refractivity contribution >= 4 is 23.8 Å². The summed E-state index contributed by atoms with van der Waals surface area (Å²) in [6.45, 7) is 0. The van der Waals surface area contributed by atoms with Crippen LogP contribution in [0.4, 0.5) is 13.2 Å². The number of benzene rings is 3. The fourth-order valence-corrected chi connectivity index (χ4v) is 3.00. The van der Waals surface area contributed by atoms with E-state index in [4.69, 9.17) is 11.6 Å². The van der Waals surface area contributed by atoms with Crippen molar-refractivity contribution in [3.63, 3.8) is 0 Å². The summed E-state index contributed by atoms with van der Waals surface area (Å²) in [6.07, 6.45) is -0.498. The summed E-state index contributed by atoms with van der Waals surface area (Å²) < 4.78 is 40.5. The molecular weight excluding hydrogens is 369 g/mol. The Morgan fingerprint density at radius 3 is 1.78 bits per heavy atom. The predicted molar refractivity (Wildman–Crippen MR) is 106 cm³/mol. The van der Waals surface area contributed by atoms with Crippen LogP contribution in [-0.2, 0) is 6.42 Å². The summed E-state index contributed by atoms with van der Waals surface area (Å²) in [5, 5.41) is 0.675. The summed E-state index contributed by atoms with van der Waals surface area (Å²) in [5.74, 6) is -1.51. The Hall–Kier alpha value is -2.52. The fourth-order valence-electron chi connectivity index (χ4n) is 2.87. The lowest BCUT2D eigenvalue weighted by molar-refractivity contribution is -0.150. The molecule has 3 aromatic carbocycles. The average Bonchev–Trinajstić information content (AvgIpc) is 2.66. The van der Waals surface area contributed by atoms with Crippen LogP contribution in [0.25, 0.3) is 12.2 Å². The molecule has 0 saturated heterocycles. The van der Waals surface area contributed by atoms with Crippen molar-refractivity contribution < 1.29 is 13.2 Å². The molecule has 0 nitrogen and oxygen atoms in total. The maximum atomic E-state index is 13.5. The molecule has 27 heavy (non-hydrogen) atoms. The van der Waals surface area contributed by atoms with E-state index in [0.29, 0.717) is 10.6 Å². The van der Waals surface area contributed by atoms with Gasteiger partial charge < -0.3 is 0 Å². The molecule has 0 N–H and O–H groups in total. The van der Waals surface area contributed by atoms with Crippen LogP contribution in [0.3, 0.4) is 0 Å². The van der Waals surface area contributed by atoms with Gasteiger partial charge in [0.15, 0.2) is 0 Å². The lowest BCUT2D eigenvalue weighted by atomic mass is 9.91. The first-order valence-electron chi connectivity index (χ1n) is 8.56. The molecule has 138 valence electrons. The van der Waals surface area contributed by atoms with E-state index in [1.54, 1.807) is 30.3 Å². The molecule has 0 aromatic heterocycles. The Kier molecular flexibility index (Phi) is 6.02. The summed E-state index contributed by atoms with van der Waals surface area (Å²) in [7, 11) is 0. The van der Waals surface area contributed by atoms with Gasteiger partial charge >= 0.3 is 6.18 Å². The number of halogens is 4. The van der Waals surface area contributed by atoms with E-state index < -0.39 is 12.1 Å². The number of hydrogen-bond donors (Lipinski definition) is 0. The standard InChI is InChI=1S/C23H18ClF3/c24-21-14-12-18(13-15-21)7-6-17-8-10-19(11-9-17)16-22(23(25,26)27)20-4-2-1-3-5-20/h1-15,22H,16H2/t22-/m1/s1. The van der Waals surface area contributed by atoms with E-state index >= 15 is 0 Å². The van der Waals surface area contributed by atoms with E-state index in [-0.39, 0.29) is 12.0 Å². The summed E-state index contributed by atoms with van der Waals surface area (Å²) in [4.78, 5) is 0. The topological polar surface area (TPSA) is 0 Å². The van der Waals surface area contributed by atoms with E-state index in [9.17, 15) is 13.2 Å². The molecular formula is C23H18ClF3. The Labute approximate surface area is 161 Å². The molecule has 4 heteroatoms. The highest BCUT2D eigenvalue weighted by molar-refractivity contribution is 6.30. The van der Waals surface area contributed by atoms with Crippen LogP contribution < -0.4 is 0 Å². The molecule has 0 amide bonds. The van der Waals surface area contributed by atoms with Crippen LogP contribution >= 0.6 is 11.6 Å². The second kappa shape index (κ2) is 8.45. The first-order valence-corrected chi connectivity index (χ1v) is 8.94. The van der Waals surface area contributed by atoms with Crippen LogP contribution in [0.1, 0.15) is 28.2 Å². The molecule has 0 unspecified atom stereocenters. The normalized spacial score (nSPS) is 13.0. The Bertz CT molecular complexity index is 880. The number of alkyl halides is 3. The average molecular weight is 387 g/mol. The minimum absolute atomic E-state index is 0.0747. The molecule has 0 aliphatic heterocycles. The van der Waals surface area contributed by atoms with Gasteiger partial charge in [-0.1, -0.05) is 90.5 Å². The SMILES string of the molecule is FC(F)(F)[C@H](Cc1ccc(C=Cc2ccc(Cl)cc2)cc1)c1ccccc1. The third-order valence-electron chi connectivity index (χ3n) is 4.35. The largest absolute Gasteiger partial charge is 0.396 e. The zero-order valence-electron chi connectivity index (χ0n) is 14.5. The lowest BCUT2D eigenvalue weighted by Gasteiger charge is -2.21. The maximum absolute atomic E-state index is 13.5. The van der Waals surface area contributed by atoms with Crippen molar-refractivity contribution in [2.75, 3.05) is 0 Å². The van der Waals surface area contributed by atoms with Crippen molar-refractivity contribution in [2.45, 2.75) is 18.5 Å². The van der Waals surface area contributed by atoms with Crippen molar-refractivity contribution in [1.29, 1.82) is 0 Å². The predicted octanol–water partition coefficient (Wildman–Crippen LogP) is 7.40. The van der Waals surface area contributed by atoms with Crippen molar-refractivity contribution in [3.8, 4) is 0 Å². The summed E-state index contributed by atoms with van der Waals surface area (Å²) in [6, 6.07) is 22.7. The highest BCUT2D eigenvalue weighted by Gasteiger charge is 2.40. The van der Waals surface area contributed by atoms with Crippen LogP contribution in [0.15, 0.2) is 78.9 Å². The van der Waals surface area contributed by atoms with Crippen molar-refractivity contribution in [3.05, 3.63) is 106 Å². The first kappa shape index (κ1) is 19.2. The number of hydrogen-bond acceptors (Lipinski definition) is 0. The van der Waals surface area contributed by atoms with Gasteiger partial charge in [0.1, 0.15) is 0 Å². The molecule has 0 aliphatic rings. The van der Waals surface area contributed by atoms with Crippen LogP contribution in [0.2, 0.25) is 5.02 Å². The van der Waals surface area contributed by atoms with Crippen LogP contribution in [0.5, 0.6) is 0 Å². The Balaban J connectivity index is 1.73.